The lowest BCUT2D eigenvalue weighted by atomic mass is 10.1. The number of furan rings is 1. The van der Waals surface area contributed by atoms with E-state index in [1.54, 1.807) is 24.5 Å². The van der Waals surface area contributed by atoms with Crippen molar-refractivity contribution in [3.05, 3.63) is 96.2 Å². The molecule has 0 bridgehead atoms. The van der Waals surface area contributed by atoms with Gasteiger partial charge in [0.05, 0.1) is 23.8 Å². The summed E-state index contributed by atoms with van der Waals surface area (Å²) in [5.74, 6) is 1.31. The van der Waals surface area contributed by atoms with Crippen molar-refractivity contribution in [2.24, 2.45) is 0 Å². The highest BCUT2D eigenvalue weighted by Crippen LogP contribution is 2.17. The lowest BCUT2D eigenvalue weighted by molar-refractivity contribution is -0.116. The number of amides is 1. The molecule has 28 heavy (non-hydrogen) atoms. The first kappa shape index (κ1) is 17.8. The van der Waals surface area contributed by atoms with E-state index in [0.717, 1.165) is 29.8 Å². The van der Waals surface area contributed by atoms with Crippen molar-refractivity contribution >= 4 is 23.0 Å². The molecule has 0 saturated carbocycles. The maximum atomic E-state index is 12.1. The number of benzene rings is 2. The summed E-state index contributed by atoms with van der Waals surface area (Å²) in [4.78, 5) is 16.9. The number of nitrogens with zero attached hydrogens (tertiary/aromatic N) is 2. The van der Waals surface area contributed by atoms with E-state index in [2.05, 4.69) is 28.1 Å². The molecular formula is C23H21N3O2. The van der Waals surface area contributed by atoms with Gasteiger partial charge in [-0.3, -0.25) is 4.79 Å². The van der Waals surface area contributed by atoms with Gasteiger partial charge in [0.15, 0.2) is 0 Å². The van der Waals surface area contributed by atoms with Crippen molar-refractivity contribution in [2.45, 2.75) is 19.5 Å². The molecule has 0 unspecified atom stereocenters. The van der Waals surface area contributed by atoms with Crippen LogP contribution in [0.25, 0.3) is 17.1 Å². The van der Waals surface area contributed by atoms with Gasteiger partial charge in [0, 0.05) is 12.6 Å². The van der Waals surface area contributed by atoms with Gasteiger partial charge in [0.1, 0.15) is 11.6 Å². The van der Waals surface area contributed by atoms with E-state index in [1.807, 2.05) is 36.4 Å². The molecule has 5 heteroatoms. The molecule has 2 aromatic carbocycles. The third-order valence-electron chi connectivity index (χ3n) is 4.56. The van der Waals surface area contributed by atoms with Crippen LogP contribution in [0, 0.1) is 0 Å². The van der Waals surface area contributed by atoms with E-state index in [9.17, 15) is 4.79 Å². The molecule has 1 N–H and O–H groups in total. The molecule has 5 nitrogen and oxygen atoms in total. The van der Waals surface area contributed by atoms with Crippen LogP contribution in [0.1, 0.15) is 17.1 Å². The van der Waals surface area contributed by atoms with Crippen LogP contribution in [0.15, 0.2) is 83.5 Å². The van der Waals surface area contributed by atoms with Crippen LogP contribution in [-0.2, 0) is 24.3 Å². The fourth-order valence-corrected chi connectivity index (χ4v) is 3.16. The van der Waals surface area contributed by atoms with Crippen LogP contribution in [-0.4, -0.2) is 15.5 Å². The van der Waals surface area contributed by atoms with Crippen LogP contribution in [0.3, 0.4) is 0 Å². The van der Waals surface area contributed by atoms with Crippen molar-refractivity contribution in [3.8, 4) is 0 Å². The number of imidazole rings is 1. The zero-order valence-electron chi connectivity index (χ0n) is 15.4. The smallest absolute Gasteiger partial charge is 0.244 e. The molecule has 0 fully saturated rings. The number of rotatable bonds is 7. The van der Waals surface area contributed by atoms with Crippen molar-refractivity contribution < 1.29 is 9.21 Å². The van der Waals surface area contributed by atoms with Crippen molar-refractivity contribution in [3.63, 3.8) is 0 Å². The van der Waals surface area contributed by atoms with Crippen molar-refractivity contribution in [1.82, 2.24) is 14.9 Å². The molecule has 2 aromatic heterocycles. The Morgan fingerprint density at radius 1 is 1.04 bits per heavy atom. The number of fused-ring (bicyclic) bond motifs is 1. The number of aryl methyl sites for hydroxylation is 2. The lowest BCUT2D eigenvalue weighted by Crippen LogP contribution is -2.23. The second kappa shape index (κ2) is 8.39. The number of aromatic nitrogens is 2. The van der Waals surface area contributed by atoms with Gasteiger partial charge in [-0.2, -0.15) is 0 Å². The Kier molecular flexibility index (Phi) is 5.33. The summed E-state index contributed by atoms with van der Waals surface area (Å²) in [6.07, 6.45) is 5.59. The minimum absolute atomic E-state index is 0.182. The van der Waals surface area contributed by atoms with E-state index in [1.165, 1.54) is 11.6 Å². The molecule has 2 heterocycles. The van der Waals surface area contributed by atoms with Gasteiger partial charge < -0.3 is 14.3 Å². The third-order valence-corrected chi connectivity index (χ3v) is 4.56. The van der Waals surface area contributed by atoms with Crippen LogP contribution < -0.4 is 5.32 Å². The molecule has 140 valence electrons. The Balaban J connectivity index is 1.48. The molecule has 0 radical (unpaired) electrons. The topological polar surface area (TPSA) is 60.1 Å². The maximum absolute atomic E-state index is 12.1. The molecule has 0 atom stereocenters. The van der Waals surface area contributed by atoms with Crippen LogP contribution >= 0.6 is 0 Å². The van der Waals surface area contributed by atoms with Gasteiger partial charge in [-0.25, -0.2) is 4.98 Å². The van der Waals surface area contributed by atoms with Crippen LogP contribution in [0.2, 0.25) is 0 Å². The average molecular weight is 371 g/mol. The number of hydrogen-bond acceptors (Lipinski definition) is 3. The van der Waals surface area contributed by atoms with E-state index >= 15 is 0 Å². The minimum atomic E-state index is -0.182. The Labute approximate surface area is 163 Å². The summed E-state index contributed by atoms with van der Waals surface area (Å²) in [6, 6.07) is 22.0. The Hall–Kier alpha value is -3.60. The zero-order valence-corrected chi connectivity index (χ0v) is 15.4. The minimum Gasteiger partial charge on any atom is -0.465 e. The highest BCUT2D eigenvalue weighted by molar-refractivity contribution is 5.91. The monoisotopic (exact) mass is 371 g/mol. The largest absolute Gasteiger partial charge is 0.465 e. The molecule has 4 aromatic rings. The maximum Gasteiger partial charge on any atom is 0.244 e. The van der Waals surface area contributed by atoms with Gasteiger partial charge in [0.2, 0.25) is 5.91 Å². The van der Waals surface area contributed by atoms with Crippen LogP contribution in [0.4, 0.5) is 0 Å². The van der Waals surface area contributed by atoms with Crippen LogP contribution in [0.5, 0.6) is 0 Å². The normalized spacial score (nSPS) is 11.3. The predicted molar refractivity (Wildman–Crippen MR) is 109 cm³/mol. The summed E-state index contributed by atoms with van der Waals surface area (Å²) in [6.45, 7) is 1.17. The third kappa shape index (κ3) is 4.20. The Morgan fingerprint density at radius 3 is 2.68 bits per heavy atom. The second-order valence-corrected chi connectivity index (χ2v) is 6.47. The molecule has 0 spiro atoms. The first-order valence-electron chi connectivity index (χ1n) is 9.27. The van der Waals surface area contributed by atoms with Gasteiger partial charge in [-0.05, 0) is 42.3 Å². The predicted octanol–water partition coefficient (Wildman–Crippen LogP) is 4.20. The molecular weight excluding hydrogens is 350 g/mol. The van der Waals surface area contributed by atoms with E-state index in [4.69, 9.17) is 9.40 Å². The SMILES string of the molecule is O=C(/C=C/c1ccco1)NCc1nc2ccccc2n1CCc1ccccc1. The highest BCUT2D eigenvalue weighted by atomic mass is 16.3. The van der Waals surface area contributed by atoms with E-state index in [0.29, 0.717) is 12.3 Å². The van der Waals surface area contributed by atoms with Gasteiger partial charge in [-0.1, -0.05) is 42.5 Å². The lowest BCUT2D eigenvalue weighted by Gasteiger charge is -2.10. The fourth-order valence-electron chi connectivity index (χ4n) is 3.16. The number of para-hydroxylation sites is 2. The Morgan fingerprint density at radius 2 is 1.86 bits per heavy atom. The van der Waals surface area contributed by atoms with Crippen molar-refractivity contribution in [1.29, 1.82) is 0 Å². The second-order valence-electron chi connectivity index (χ2n) is 6.47. The first-order chi connectivity index (χ1) is 13.8. The molecule has 0 aliphatic heterocycles. The molecule has 0 aliphatic rings. The van der Waals surface area contributed by atoms with Crippen molar-refractivity contribution in [2.75, 3.05) is 0 Å². The number of carbonyl (C=O) groups excluding carboxylic acids is 1. The number of carbonyl (C=O) groups is 1. The summed E-state index contributed by atoms with van der Waals surface area (Å²) in [7, 11) is 0. The number of hydrogen-bond donors (Lipinski definition) is 1. The quantitative estimate of drug-likeness (QED) is 0.495. The molecule has 1 amide bonds. The number of nitrogens with one attached hydrogen (secondary N) is 1. The average Bonchev–Trinajstić information content (AvgIpc) is 3.37. The standard InChI is InChI=1S/C23H21N3O2/c27-23(13-12-19-9-6-16-28-19)24-17-22-25-20-10-4-5-11-21(20)26(22)15-14-18-7-2-1-3-8-18/h1-13,16H,14-15,17H2,(H,24,27)/b13-12+. The summed E-state index contributed by atoms with van der Waals surface area (Å²) < 4.78 is 7.38. The Bertz CT molecular complexity index is 1080. The molecule has 0 saturated heterocycles. The van der Waals surface area contributed by atoms with E-state index < -0.39 is 0 Å². The summed E-state index contributed by atoms with van der Waals surface area (Å²) >= 11 is 0. The molecule has 0 aliphatic carbocycles. The zero-order chi connectivity index (χ0) is 19.2. The van der Waals surface area contributed by atoms with E-state index in [-0.39, 0.29) is 5.91 Å². The highest BCUT2D eigenvalue weighted by Gasteiger charge is 2.11. The molecule has 4 rings (SSSR count). The van der Waals surface area contributed by atoms with Gasteiger partial charge in [0.25, 0.3) is 0 Å². The first-order valence-corrected chi connectivity index (χ1v) is 9.27. The summed E-state index contributed by atoms with van der Waals surface area (Å²) in [5, 5.41) is 2.91. The fraction of sp³-hybridized carbons (Fsp3) is 0.130. The van der Waals surface area contributed by atoms with Gasteiger partial charge >= 0.3 is 0 Å². The van der Waals surface area contributed by atoms with Gasteiger partial charge in [-0.15, -0.1) is 0 Å². The summed E-state index contributed by atoms with van der Waals surface area (Å²) in [5.41, 5.74) is 3.29.